The third-order valence-electron chi connectivity index (χ3n) is 4.33. The third-order valence-corrected chi connectivity index (χ3v) is 4.33. The Labute approximate surface area is 132 Å². The zero-order chi connectivity index (χ0) is 16.0. The Morgan fingerprint density at radius 1 is 1.39 bits per heavy atom. The lowest BCUT2D eigenvalue weighted by molar-refractivity contribution is -0.116. The lowest BCUT2D eigenvalue weighted by Gasteiger charge is -2.32. The number of aromatic hydroxyl groups is 1. The van der Waals surface area contributed by atoms with Gasteiger partial charge in [-0.25, -0.2) is 4.68 Å². The molecule has 0 radical (unpaired) electrons. The van der Waals surface area contributed by atoms with Gasteiger partial charge in [-0.1, -0.05) is 6.07 Å². The van der Waals surface area contributed by atoms with Gasteiger partial charge in [-0.2, -0.15) is 10.1 Å². The minimum Gasteiger partial charge on any atom is -0.504 e. The van der Waals surface area contributed by atoms with Crippen LogP contribution in [0.2, 0.25) is 0 Å². The van der Waals surface area contributed by atoms with Gasteiger partial charge < -0.3 is 15.2 Å². The van der Waals surface area contributed by atoms with E-state index in [0.29, 0.717) is 23.7 Å². The molecule has 0 amide bonds. The summed E-state index contributed by atoms with van der Waals surface area (Å²) in [6, 6.07) is 4.77. The number of methoxy groups -OCH3 is 1. The molecule has 1 aromatic carbocycles. The number of anilines is 1. The van der Waals surface area contributed by atoms with E-state index in [0.717, 1.165) is 24.1 Å². The van der Waals surface area contributed by atoms with Crippen LogP contribution in [0.5, 0.6) is 11.5 Å². The zero-order valence-electron chi connectivity index (χ0n) is 12.6. The molecule has 7 nitrogen and oxygen atoms in total. The summed E-state index contributed by atoms with van der Waals surface area (Å²) in [6.45, 7) is 0. The quantitative estimate of drug-likeness (QED) is 0.882. The summed E-state index contributed by atoms with van der Waals surface area (Å²) in [7, 11) is 1.50. The predicted molar refractivity (Wildman–Crippen MR) is 82.3 cm³/mol. The number of hydrogen-bond donors (Lipinski definition) is 2. The van der Waals surface area contributed by atoms with Crippen molar-refractivity contribution in [1.29, 1.82) is 0 Å². The van der Waals surface area contributed by atoms with E-state index < -0.39 is 0 Å². The minimum absolute atomic E-state index is 0.0376. The number of fused-ring (bicyclic) bond motifs is 1. The summed E-state index contributed by atoms with van der Waals surface area (Å²) in [6.07, 6.45) is 3.64. The van der Waals surface area contributed by atoms with E-state index in [9.17, 15) is 9.90 Å². The van der Waals surface area contributed by atoms with Crippen molar-refractivity contribution in [2.75, 3.05) is 12.4 Å². The fraction of sp³-hybridized carbons (Fsp3) is 0.312. The average Bonchev–Trinajstić information content (AvgIpc) is 3.01. The fourth-order valence-corrected chi connectivity index (χ4v) is 3.28. The largest absolute Gasteiger partial charge is 0.504 e. The van der Waals surface area contributed by atoms with E-state index >= 15 is 0 Å². The molecule has 1 unspecified atom stereocenters. The number of ketones is 1. The van der Waals surface area contributed by atoms with Crippen molar-refractivity contribution < 1.29 is 14.6 Å². The molecule has 0 spiro atoms. The van der Waals surface area contributed by atoms with Crippen LogP contribution in [0.25, 0.3) is 0 Å². The van der Waals surface area contributed by atoms with Gasteiger partial charge in [0, 0.05) is 17.7 Å². The van der Waals surface area contributed by atoms with Crippen LogP contribution in [0.4, 0.5) is 5.95 Å². The maximum Gasteiger partial charge on any atom is 0.226 e. The predicted octanol–water partition coefficient (Wildman–Crippen LogP) is 2.01. The number of hydrogen-bond acceptors (Lipinski definition) is 6. The van der Waals surface area contributed by atoms with Gasteiger partial charge in [-0.15, -0.1) is 0 Å². The molecule has 1 atom stereocenters. The molecule has 0 fully saturated rings. The summed E-state index contributed by atoms with van der Waals surface area (Å²) in [5, 5.41) is 17.6. The molecule has 1 aliphatic carbocycles. The molecule has 7 heteroatoms. The highest BCUT2D eigenvalue weighted by molar-refractivity contribution is 5.99. The van der Waals surface area contributed by atoms with Crippen LogP contribution in [-0.4, -0.2) is 32.8 Å². The van der Waals surface area contributed by atoms with Gasteiger partial charge in [-0.3, -0.25) is 4.79 Å². The number of allylic oxidation sites excluding steroid dienone is 2. The number of nitrogens with one attached hydrogen (secondary N) is 1. The Balaban J connectivity index is 1.89. The summed E-state index contributed by atoms with van der Waals surface area (Å²) < 4.78 is 6.78. The maximum absolute atomic E-state index is 12.5. The number of ether oxygens (including phenoxy) is 1. The minimum atomic E-state index is -0.381. The molecule has 0 bridgehead atoms. The van der Waals surface area contributed by atoms with Gasteiger partial charge in [0.2, 0.25) is 5.95 Å². The summed E-state index contributed by atoms with van der Waals surface area (Å²) >= 11 is 0. The number of aromatic nitrogens is 3. The summed E-state index contributed by atoms with van der Waals surface area (Å²) in [5.41, 5.74) is 2.39. The third kappa shape index (κ3) is 2.08. The number of phenols is 1. The second kappa shape index (κ2) is 5.12. The summed E-state index contributed by atoms with van der Waals surface area (Å²) in [4.78, 5) is 16.7. The van der Waals surface area contributed by atoms with Crippen LogP contribution in [-0.2, 0) is 4.79 Å². The first-order chi connectivity index (χ1) is 11.2. The first kappa shape index (κ1) is 13.8. The van der Waals surface area contributed by atoms with Gasteiger partial charge in [0.15, 0.2) is 17.3 Å². The highest BCUT2D eigenvalue weighted by Crippen LogP contribution is 2.41. The molecule has 1 aliphatic heterocycles. The van der Waals surface area contributed by atoms with Crippen LogP contribution in [0.3, 0.4) is 0 Å². The molecule has 23 heavy (non-hydrogen) atoms. The van der Waals surface area contributed by atoms with Crippen molar-refractivity contribution in [3.63, 3.8) is 0 Å². The Morgan fingerprint density at radius 3 is 3.04 bits per heavy atom. The number of phenolic OH excluding ortho intramolecular Hbond substituents is 1. The Kier molecular flexibility index (Phi) is 3.07. The van der Waals surface area contributed by atoms with E-state index in [1.165, 1.54) is 13.4 Å². The van der Waals surface area contributed by atoms with Crippen molar-refractivity contribution in [3.8, 4) is 11.5 Å². The van der Waals surface area contributed by atoms with Gasteiger partial charge in [0.05, 0.1) is 7.11 Å². The Hall–Kier alpha value is -2.83. The molecular weight excluding hydrogens is 296 g/mol. The highest BCUT2D eigenvalue weighted by atomic mass is 16.5. The standard InChI is InChI=1S/C16H16N4O3/c1-23-13-6-5-9(7-12(13)22)15-14-10(3-2-4-11(14)21)19-16-17-8-18-20(15)16/h5-8,15,22H,2-4H2,1H3,(H,17,18,19). The van der Waals surface area contributed by atoms with E-state index in [1.807, 2.05) is 6.07 Å². The molecule has 0 saturated heterocycles. The van der Waals surface area contributed by atoms with Crippen LogP contribution in [0.1, 0.15) is 30.9 Å². The monoisotopic (exact) mass is 312 g/mol. The first-order valence-corrected chi connectivity index (χ1v) is 7.48. The van der Waals surface area contributed by atoms with Crippen molar-refractivity contribution in [1.82, 2.24) is 14.8 Å². The van der Waals surface area contributed by atoms with Gasteiger partial charge >= 0.3 is 0 Å². The van der Waals surface area contributed by atoms with Crippen LogP contribution < -0.4 is 10.1 Å². The lowest BCUT2D eigenvalue weighted by Crippen LogP contribution is -2.31. The maximum atomic E-state index is 12.5. The molecule has 2 aromatic rings. The number of carbonyl (C=O) groups is 1. The van der Waals surface area contributed by atoms with E-state index in [2.05, 4.69) is 15.4 Å². The second-order valence-electron chi connectivity index (χ2n) is 5.66. The van der Waals surface area contributed by atoms with E-state index in [1.54, 1.807) is 16.8 Å². The zero-order valence-corrected chi connectivity index (χ0v) is 12.6. The number of nitrogens with zero attached hydrogens (tertiary/aromatic N) is 3. The smallest absolute Gasteiger partial charge is 0.226 e. The second-order valence-corrected chi connectivity index (χ2v) is 5.66. The SMILES string of the molecule is COc1ccc(C2C3=C(CCCC3=O)Nc3ncnn32)cc1O. The number of benzene rings is 1. The first-order valence-electron chi connectivity index (χ1n) is 7.48. The Morgan fingerprint density at radius 2 is 2.26 bits per heavy atom. The molecule has 0 saturated carbocycles. The summed E-state index contributed by atoms with van der Waals surface area (Å²) in [5.74, 6) is 1.15. The average molecular weight is 312 g/mol. The molecule has 2 aliphatic rings. The van der Waals surface area contributed by atoms with Crippen molar-refractivity contribution in [3.05, 3.63) is 41.4 Å². The van der Waals surface area contributed by atoms with Crippen LogP contribution in [0.15, 0.2) is 35.8 Å². The topological polar surface area (TPSA) is 89.3 Å². The van der Waals surface area contributed by atoms with Gasteiger partial charge in [0.1, 0.15) is 12.4 Å². The molecule has 2 heterocycles. The van der Waals surface area contributed by atoms with E-state index in [-0.39, 0.29) is 17.6 Å². The van der Waals surface area contributed by atoms with Gasteiger partial charge in [0.25, 0.3) is 0 Å². The van der Waals surface area contributed by atoms with Crippen molar-refractivity contribution in [2.24, 2.45) is 0 Å². The molecule has 2 N–H and O–H groups in total. The highest BCUT2D eigenvalue weighted by Gasteiger charge is 2.36. The molecule has 118 valence electrons. The number of Topliss-reactive ketones (excluding diaryl/α,β-unsaturated/α-hetero) is 1. The van der Waals surface area contributed by atoms with Crippen molar-refractivity contribution >= 4 is 11.7 Å². The molecule has 4 rings (SSSR count). The number of rotatable bonds is 2. The van der Waals surface area contributed by atoms with Crippen LogP contribution in [0, 0.1) is 0 Å². The van der Waals surface area contributed by atoms with Crippen LogP contribution >= 0.6 is 0 Å². The lowest BCUT2D eigenvalue weighted by atomic mass is 9.85. The fourth-order valence-electron chi connectivity index (χ4n) is 3.28. The van der Waals surface area contributed by atoms with Crippen molar-refractivity contribution in [2.45, 2.75) is 25.3 Å². The number of carbonyl (C=O) groups excluding carboxylic acids is 1. The van der Waals surface area contributed by atoms with E-state index in [4.69, 9.17) is 4.74 Å². The Bertz CT molecular complexity index is 824. The van der Waals surface area contributed by atoms with Gasteiger partial charge in [-0.05, 0) is 30.5 Å². The molecular formula is C16H16N4O3. The molecule has 1 aromatic heterocycles. The normalized spacial score (nSPS) is 19.9.